The molecule has 0 aliphatic heterocycles. The van der Waals surface area contributed by atoms with Crippen molar-refractivity contribution in [3.63, 3.8) is 0 Å². The van der Waals surface area contributed by atoms with E-state index in [1.54, 1.807) is 0 Å². The van der Waals surface area contributed by atoms with Crippen LogP contribution in [0.2, 0.25) is 0 Å². The first kappa shape index (κ1) is 16.6. The number of ether oxygens (including phenoxy) is 1. The minimum atomic E-state index is -2.52. The Morgan fingerprint density at radius 2 is 2.22 bits per heavy atom. The number of rotatable bonds is 9. The highest BCUT2D eigenvalue weighted by Crippen LogP contribution is 2.06. The van der Waals surface area contributed by atoms with E-state index in [1.807, 2.05) is 6.92 Å². The summed E-state index contributed by atoms with van der Waals surface area (Å²) in [6, 6.07) is 0. The number of oxime groups is 1. The topological polar surface area (TPSA) is 96.9 Å². The molecule has 0 bridgehead atoms. The summed E-state index contributed by atoms with van der Waals surface area (Å²) >= 11 is 0. The van der Waals surface area contributed by atoms with Crippen LogP contribution >= 0.6 is 0 Å². The first-order valence-corrected chi connectivity index (χ1v) is 5.63. The van der Waals surface area contributed by atoms with Crippen LogP contribution in [0.5, 0.6) is 0 Å². The Labute approximate surface area is 104 Å². The Hall–Kier alpha value is -1.44. The molecule has 0 rings (SSSR count). The van der Waals surface area contributed by atoms with Crippen molar-refractivity contribution in [1.29, 1.82) is 0 Å². The highest BCUT2D eigenvalue weighted by Gasteiger charge is 2.21. The molecule has 0 saturated heterocycles. The molecule has 1 unspecified atom stereocenters. The zero-order valence-electron chi connectivity index (χ0n) is 10.2. The normalized spacial score (nSPS) is 13.7. The number of halogens is 2. The van der Waals surface area contributed by atoms with Crippen molar-refractivity contribution >= 4 is 11.7 Å². The largest absolute Gasteiger partial charge is 0.409 e. The second-order valence-corrected chi connectivity index (χ2v) is 3.62. The van der Waals surface area contributed by atoms with E-state index in [4.69, 9.17) is 10.9 Å². The highest BCUT2D eigenvalue weighted by molar-refractivity contribution is 6.01. The van der Waals surface area contributed by atoms with Crippen molar-refractivity contribution in [2.75, 3.05) is 19.8 Å². The number of carbonyl (C=O) groups excluding carboxylic acids is 1. The van der Waals surface area contributed by atoms with Gasteiger partial charge in [0.2, 0.25) is 5.91 Å². The summed E-state index contributed by atoms with van der Waals surface area (Å²) in [6.45, 7) is 1.29. The molecule has 0 saturated carbocycles. The summed E-state index contributed by atoms with van der Waals surface area (Å²) in [4.78, 5) is 11.6. The molecular formula is C10H19F2N3O3. The smallest absolute Gasteiger partial charge is 0.261 e. The van der Waals surface area contributed by atoms with Gasteiger partial charge in [0.25, 0.3) is 6.43 Å². The average Bonchev–Trinajstić information content (AvgIpc) is 2.34. The van der Waals surface area contributed by atoms with Gasteiger partial charge in [-0.25, -0.2) is 8.78 Å². The van der Waals surface area contributed by atoms with Gasteiger partial charge in [0, 0.05) is 6.54 Å². The number of hydrogen-bond donors (Lipinski definition) is 3. The second kappa shape index (κ2) is 9.58. The molecule has 1 atom stereocenters. The van der Waals surface area contributed by atoms with Crippen LogP contribution in [0.4, 0.5) is 8.78 Å². The van der Waals surface area contributed by atoms with E-state index < -0.39 is 24.9 Å². The molecule has 1 amide bonds. The molecule has 0 aliphatic rings. The van der Waals surface area contributed by atoms with E-state index in [0.717, 1.165) is 0 Å². The summed E-state index contributed by atoms with van der Waals surface area (Å²) in [5.41, 5.74) is 5.38. The van der Waals surface area contributed by atoms with E-state index in [1.165, 1.54) is 0 Å². The first-order valence-electron chi connectivity index (χ1n) is 5.63. The third-order valence-corrected chi connectivity index (χ3v) is 2.16. The Kier molecular flexibility index (Phi) is 8.81. The average molecular weight is 267 g/mol. The molecule has 4 N–H and O–H groups in total. The molecule has 0 radical (unpaired) electrons. The first-order chi connectivity index (χ1) is 8.52. The summed E-state index contributed by atoms with van der Waals surface area (Å²) in [5, 5.41) is 13.8. The molecule has 6 nitrogen and oxygen atoms in total. The fourth-order valence-electron chi connectivity index (χ4n) is 1.31. The van der Waals surface area contributed by atoms with Gasteiger partial charge in [-0.15, -0.1) is 0 Å². The van der Waals surface area contributed by atoms with E-state index >= 15 is 0 Å². The Morgan fingerprint density at radius 1 is 1.56 bits per heavy atom. The molecule has 0 aromatic rings. The van der Waals surface area contributed by atoms with Gasteiger partial charge in [0.05, 0.1) is 12.5 Å². The SMILES string of the molecule is CCCC(C(=O)NCCOCC(F)F)C(N)=NO. The molecule has 0 aromatic carbocycles. The fraction of sp³-hybridized carbons (Fsp3) is 0.800. The predicted molar refractivity (Wildman–Crippen MR) is 61.6 cm³/mol. The Balaban J connectivity index is 3.96. The number of amidine groups is 1. The standard InChI is InChI=1S/C10H19F2N3O3/c1-2-3-7(9(13)15-17)10(16)14-4-5-18-6-8(11)12/h7-8,17H,2-6H2,1H3,(H2,13,15)(H,14,16). The van der Waals surface area contributed by atoms with Gasteiger partial charge < -0.3 is 21.0 Å². The van der Waals surface area contributed by atoms with Crippen LogP contribution < -0.4 is 11.1 Å². The van der Waals surface area contributed by atoms with Crippen LogP contribution in [0.1, 0.15) is 19.8 Å². The molecule has 0 spiro atoms. The van der Waals surface area contributed by atoms with E-state index in [9.17, 15) is 13.6 Å². The lowest BCUT2D eigenvalue weighted by molar-refractivity contribution is -0.123. The minimum Gasteiger partial charge on any atom is -0.409 e. The zero-order valence-corrected chi connectivity index (χ0v) is 10.2. The number of carbonyl (C=O) groups is 1. The van der Waals surface area contributed by atoms with Crippen LogP contribution in [0.15, 0.2) is 5.16 Å². The molecule has 18 heavy (non-hydrogen) atoms. The Bertz CT molecular complexity index is 275. The van der Waals surface area contributed by atoms with Gasteiger partial charge in [0.1, 0.15) is 6.61 Å². The van der Waals surface area contributed by atoms with Crippen molar-refractivity contribution in [2.45, 2.75) is 26.2 Å². The molecule has 8 heteroatoms. The fourth-order valence-corrected chi connectivity index (χ4v) is 1.31. The molecule has 106 valence electrons. The number of nitrogens with two attached hydrogens (primary N) is 1. The van der Waals surface area contributed by atoms with Crippen LogP contribution in [-0.4, -0.2) is 43.1 Å². The monoisotopic (exact) mass is 267 g/mol. The van der Waals surface area contributed by atoms with Gasteiger partial charge in [-0.3, -0.25) is 4.79 Å². The van der Waals surface area contributed by atoms with Crippen LogP contribution in [-0.2, 0) is 9.53 Å². The quantitative estimate of drug-likeness (QED) is 0.187. The Morgan fingerprint density at radius 3 is 2.72 bits per heavy atom. The lowest BCUT2D eigenvalue weighted by atomic mass is 10.0. The lowest BCUT2D eigenvalue weighted by Crippen LogP contribution is -2.40. The maximum absolute atomic E-state index is 11.7. The second-order valence-electron chi connectivity index (χ2n) is 3.62. The van der Waals surface area contributed by atoms with Crippen molar-refractivity contribution in [1.82, 2.24) is 5.32 Å². The predicted octanol–water partition coefficient (Wildman–Crippen LogP) is 0.547. The van der Waals surface area contributed by atoms with Gasteiger partial charge in [-0.1, -0.05) is 18.5 Å². The zero-order chi connectivity index (χ0) is 14.0. The van der Waals surface area contributed by atoms with Gasteiger partial charge in [-0.05, 0) is 6.42 Å². The maximum Gasteiger partial charge on any atom is 0.261 e. The molecule has 0 heterocycles. The summed E-state index contributed by atoms with van der Waals surface area (Å²) < 4.78 is 28.1. The van der Waals surface area contributed by atoms with Crippen LogP contribution in [0, 0.1) is 5.92 Å². The van der Waals surface area contributed by atoms with Gasteiger partial charge >= 0.3 is 0 Å². The van der Waals surface area contributed by atoms with Gasteiger partial charge in [-0.2, -0.15) is 0 Å². The third kappa shape index (κ3) is 7.00. The van der Waals surface area contributed by atoms with Gasteiger partial charge in [0.15, 0.2) is 5.84 Å². The summed E-state index contributed by atoms with van der Waals surface area (Å²) in [5.74, 6) is -1.29. The number of alkyl halides is 2. The number of nitrogens with zero attached hydrogens (tertiary/aromatic N) is 1. The minimum absolute atomic E-state index is 0.00883. The van der Waals surface area contributed by atoms with E-state index in [0.29, 0.717) is 12.8 Å². The molecule has 0 fully saturated rings. The van der Waals surface area contributed by atoms with Crippen molar-refractivity contribution in [3.8, 4) is 0 Å². The number of hydrogen-bond acceptors (Lipinski definition) is 4. The number of nitrogens with one attached hydrogen (secondary N) is 1. The maximum atomic E-state index is 11.7. The third-order valence-electron chi connectivity index (χ3n) is 2.16. The van der Waals surface area contributed by atoms with Crippen LogP contribution in [0.25, 0.3) is 0 Å². The molecule has 0 aromatic heterocycles. The summed E-state index contributed by atoms with van der Waals surface area (Å²) in [7, 11) is 0. The van der Waals surface area contributed by atoms with Crippen molar-refractivity contribution in [3.05, 3.63) is 0 Å². The van der Waals surface area contributed by atoms with E-state index in [-0.39, 0.29) is 19.0 Å². The molecule has 0 aliphatic carbocycles. The lowest BCUT2D eigenvalue weighted by Gasteiger charge is -2.14. The van der Waals surface area contributed by atoms with Crippen molar-refractivity contribution < 1.29 is 23.5 Å². The highest BCUT2D eigenvalue weighted by atomic mass is 19.3. The van der Waals surface area contributed by atoms with E-state index in [2.05, 4.69) is 15.2 Å². The van der Waals surface area contributed by atoms with Crippen LogP contribution in [0.3, 0.4) is 0 Å². The summed E-state index contributed by atoms with van der Waals surface area (Å²) in [6.07, 6.45) is -1.39. The number of amides is 1. The molecular weight excluding hydrogens is 248 g/mol. The van der Waals surface area contributed by atoms with Crippen molar-refractivity contribution in [2.24, 2.45) is 16.8 Å².